The Morgan fingerprint density at radius 3 is 1.19 bits per heavy atom. The first-order valence-electron chi connectivity index (χ1n) is 30.3. The highest BCUT2D eigenvalue weighted by Crippen LogP contribution is 2.50. The first kappa shape index (κ1) is 72.7. The van der Waals surface area contributed by atoms with E-state index in [1.165, 1.54) is 62.8 Å². The molecule has 9 aliphatic rings. The van der Waals surface area contributed by atoms with Gasteiger partial charge in [0.15, 0.2) is 60.3 Å². The number of rotatable bonds is 9. The van der Waals surface area contributed by atoms with Gasteiger partial charge >= 0.3 is 28.4 Å². The molecule has 5 aromatic rings. The Bertz CT molecular complexity index is 4220. The number of fused-ring (bicyclic) bond motifs is 4. The molecule has 0 saturated carbocycles. The number of alkyl halides is 2. The molecule has 0 amide bonds. The zero-order valence-electron chi connectivity index (χ0n) is 53.4. The van der Waals surface area contributed by atoms with Gasteiger partial charge in [0, 0.05) is 61.3 Å². The van der Waals surface area contributed by atoms with Crippen LogP contribution in [0.3, 0.4) is 0 Å². The Balaban J connectivity index is 0.000000132. The summed E-state index contributed by atoms with van der Waals surface area (Å²) in [6, 6.07) is 6.04. The number of hydrogen-bond donors (Lipinski definition) is 9. The second kappa shape index (κ2) is 27.9. The van der Waals surface area contributed by atoms with Crippen LogP contribution >= 0.6 is 22.6 Å². The second-order valence-electron chi connectivity index (χ2n) is 25.1. The summed E-state index contributed by atoms with van der Waals surface area (Å²) in [5, 5.41) is 37.4. The van der Waals surface area contributed by atoms with Crippen molar-refractivity contribution in [1.82, 2.24) is 47.8 Å². The smallest absolute Gasteiger partial charge is 0.331 e. The molecule has 0 aromatic carbocycles. The molecule has 5 aromatic heterocycles. The van der Waals surface area contributed by atoms with Crippen molar-refractivity contribution in [3.63, 3.8) is 0 Å². The number of aliphatic hydroxyl groups excluding tert-OH is 4. The molecule has 0 aliphatic carbocycles. The van der Waals surface area contributed by atoms with Crippen LogP contribution in [-0.2, 0) is 61.6 Å². The summed E-state index contributed by atoms with van der Waals surface area (Å²) in [7, 11) is 0. The molecule has 0 unspecified atom stereocenters. The highest BCUT2D eigenvalue weighted by molar-refractivity contribution is 14.1. The van der Waals surface area contributed by atoms with E-state index in [1.54, 1.807) is 41.5 Å². The number of aromatic amines is 5. The largest absolute Gasteiger partial charge is 0.469 e. The Morgan fingerprint density at radius 2 is 0.784 bits per heavy atom. The fraction of sp³-hybridized carbons (Fsp3) is 0.621. The predicted octanol–water partition coefficient (Wildman–Crippen LogP) is -2.76. The van der Waals surface area contributed by atoms with Crippen molar-refractivity contribution in [2.24, 2.45) is 0 Å². The second-order valence-corrected chi connectivity index (χ2v) is 25.9. The van der Waals surface area contributed by atoms with Crippen LogP contribution in [0.2, 0.25) is 0 Å². The van der Waals surface area contributed by atoms with Crippen LogP contribution in [0, 0.1) is 0 Å². The standard InChI is InChI=1S/C13H18N2O5.C12H14FIN2O5.C12H16N2O6.C12H14N2O5.C9H12N2O6/c1-4-7-9-10(20-13(2,3)19-9)11(18-7)15-6-5-8(16)14-12(15)17;1-11(2)19-7-8(20-11)12(13,5-14)21-9(7)16-4-3-6(17)15-10(16)18;1-12(2)19-8-6(5-15)18-10(9(8)20-12)14-4-3-7(16)13-11(14)17;1-6-8-9(19-12(2,3)18-8)10(17-6)14-5-4-7(15)13-11(14)16;12-3-4-6(14)7(15)8(17-4)11-2-1-5(13)10-9(11)16/h5-7,9-11H,4H2,1-3H3,(H,14,16,17);3-4,7-9H,5H2,1-2H3,(H,15,17,18);3-4,6,8-10,15H,5H2,1-2H3,(H,13,16,17);4-5,8-10H,1H2,2-3H3,(H,13,15,16);1-2,4,6-8,12,14-15H,3H2,(H,10,13,16)/t7-,9-,10-,11-;7-,8+,9-,12-;6-,8-,9-,10-;8-,9-,10-;4-,6-,7-,8-/m11111/s1. The Kier molecular flexibility index (Phi) is 20.9. The van der Waals surface area contributed by atoms with Gasteiger partial charge in [0.25, 0.3) is 27.8 Å². The zero-order valence-corrected chi connectivity index (χ0v) is 55.5. The number of ether oxygens (including phenoxy) is 13. The molecule has 0 spiro atoms. The summed E-state index contributed by atoms with van der Waals surface area (Å²) in [5.41, 5.74) is -5.57. The van der Waals surface area contributed by atoms with E-state index in [2.05, 4.69) is 26.5 Å². The molecule has 0 radical (unpaired) electrons. The average molecular weight is 1490 g/mol. The summed E-state index contributed by atoms with van der Waals surface area (Å²) in [4.78, 5) is 125. The fourth-order valence-electron chi connectivity index (χ4n) is 12.2. The maximum Gasteiger partial charge on any atom is 0.331 e. The van der Waals surface area contributed by atoms with E-state index in [4.69, 9.17) is 66.7 Å². The zero-order chi connectivity index (χ0) is 70.8. The number of nitrogens with one attached hydrogen (secondary N) is 5. The molecule has 37 nitrogen and oxygen atoms in total. The molecule has 0 bridgehead atoms. The van der Waals surface area contributed by atoms with Gasteiger partial charge in [-0.05, 0) is 61.8 Å². The van der Waals surface area contributed by atoms with Gasteiger partial charge in [-0.15, -0.1) is 0 Å². The first-order chi connectivity index (χ1) is 45.5. The van der Waals surface area contributed by atoms with Gasteiger partial charge in [-0.1, -0.05) is 36.1 Å². The molecule has 14 heterocycles. The van der Waals surface area contributed by atoms with Gasteiger partial charge in [0.1, 0.15) is 66.8 Å². The van der Waals surface area contributed by atoms with E-state index in [0.717, 1.165) is 27.8 Å². The van der Waals surface area contributed by atoms with Gasteiger partial charge in [0.2, 0.25) is 12.1 Å². The minimum absolute atomic E-state index is 0.0277. The van der Waals surface area contributed by atoms with Gasteiger partial charge in [-0.25, -0.2) is 28.4 Å². The lowest BCUT2D eigenvalue weighted by Gasteiger charge is -2.27. The molecule has 39 heteroatoms. The minimum Gasteiger partial charge on any atom is -0.469 e. The maximum atomic E-state index is 14.9. The van der Waals surface area contributed by atoms with E-state index >= 15 is 0 Å². The SMILES string of the molecule is C=C1O[C@@H](n2ccc(=O)[nH]c2=O)[C@@H]2OC(C)(C)O[C@H]12.CC1(C)O[C@@H]2[C@H](O1)[C@@H](CO)O[C@H]2n1ccc(=O)[nH]c1=O.CC1(C)O[C@H]2[C@H](n3ccc(=O)[nH]c3=O)O[C@](F)(CI)[C@H]2O1.CC[C@H]1O[C@@H](n2ccc(=O)[nH]c2=O)[C@@H]2OC(C)(C)O[C@@H]21.O=c1ccn([C@@H]2O[C@H](CO)[C@@H](O)[C@H]2O)c(=O)[nH]1. The molecular formula is C58H74FIN10O27. The van der Waals surface area contributed by atoms with Gasteiger partial charge in [-0.3, -0.25) is 71.7 Å². The van der Waals surface area contributed by atoms with Gasteiger partial charge in [-0.2, -0.15) is 0 Å². The third-order valence-electron chi connectivity index (χ3n) is 16.3. The molecule has 97 heavy (non-hydrogen) atoms. The number of nitrogens with zero attached hydrogens (tertiary/aromatic N) is 5. The number of aromatic nitrogens is 10. The third-order valence-corrected chi connectivity index (χ3v) is 17.4. The summed E-state index contributed by atoms with van der Waals surface area (Å²) >= 11 is 1.86. The molecule has 9 fully saturated rings. The van der Waals surface area contributed by atoms with Crippen LogP contribution in [0.15, 0.2) is 122 Å². The van der Waals surface area contributed by atoms with Crippen molar-refractivity contribution in [1.29, 1.82) is 0 Å². The van der Waals surface area contributed by atoms with E-state index in [0.29, 0.717) is 5.76 Å². The van der Waals surface area contributed by atoms with Crippen molar-refractivity contribution in [3.8, 4) is 0 Å². The van der Waals surface area contributed by atoms with Crippen LogP contribution in [0.1, 0.15) is 99.9 Å². The van der Waals surface area contributed by atoms with Crippen LogP contribution in [0.25, 0.3) is 0 Å². The Morgan fingerprint density at radius 1 is 0.443 bits per heavy atom. The molecule has 532 valence electrons. The lowest BCUT2D eigenvalue weighted by atomic mass is 10.1. The van der Waals surface area contributed by atoms with E-state index in [9.17, 15) is 67.7 Å². The summed E-state index contributed by atoms with van der Waals surface area (Å²) in [6.07, 6.45) is -5.31. The number of aliphatic hydroxyl groups is 4. The van der Waals surface area contributed by atoms with Gasteiger partial charge in [0.05, 0.1) is 23.7 Å². The molecule has 14 rings (SSSR count). The molecule has 9 N–H and O–H groups in total. The normalized spacial score (nSPS) is 34.7. The highest BCUT2D eigenvalue weighted by atomic mass is 127. The number of hydrogen-bond acceptors (Lipinski definition) is 27. The fourth-order valence-corrected chi connectivity index (χ4v) is 12.8. The van der Waals surface area contributed by atoms with E-state index in [1.807, 2.05) is 48.3 Å². The van der Waals surface area contributed by atoms with Crippen molar-refractivity contribution in [2.45, 2.75) is 208 Å². The van der Waals surface area contributed by atoms with Crippen LogP contribution in [0.5, 0.6) is 0 Å². The quantitative estimate of drug-likeness (QED) is 0.0533. The average Bonchev–Trinajstić information content (AvgIpc) is 1.60. The monoisotopic (exact) mass is 1490 g/mol. The molecule has 19 atom stereocenters. The van der Waals surface area contributed by atoms with Gasteiger partial charge < -0.3 is 82.0 Å². The molecule has 9 saturated heterocycles. The van der Waals surface area contributed by atoms with E-state index in [-0.39, 0.29) is 29.3 Å². The third kappa shape index (κ3) is 15.3. The highest BCUT2D eigenvalue weighted by Gasteiger charge is 2.65. The maximum absolute atomic E-state index is 14.9. The Hall–Kier alpha value is -7.04. The van der Waals surface area contributed by atoms with Crippen molar-refractivity contribution >= 4 is 22.6 Å². The first-order valence-corrected chi connectivity index (χ1v) is 31.8. The summed E-state index contributed by atoms with van der Waals surface area (Å²) in [6.45, 7) is 19.1. The molecule has 9 aliphatic heterocycles. The number of halogens is 2. The van der Waals surface area contributed by atoms with E-state index < -0.39 is 184 Å². The van der Waals surface area contributed by atoms with Crippen LogP contribution < -0.4 is 56.2 Å². The predicted molar refractivity (Wildman–Crippen MR) is 332 cm³/mol. The number of H-pyrrole nitrogens is 5. The topological polar surface area (TPSA) is 475 Å². The van der Waals surface area contributed by atoms with Crippen molar-refractivity contribution in [3.05, 3.63) is 178 Å². The van der Waals surface area contributed by atoms with Crippen LogP contribution in [-0.4, -0.2) is 194 Å². The lowest BCUT2D eigenvalue weighted by molar-refractivity contribution is -0.246. The molecular weight excluding hydrogens is 1410 g/mol. The summed E-state index contributed by atoms with van der Waals surface area (Å²) < 4.78 is 94.1. The van der Waals surface area contributed by atoms with Crippen LogP contribution in [0.4, 0.5) is 4.39 Å². The van der Waals surface area contributed by atoms with Crippen molar-refractivity contribution < 1.29 is 86.4 Å². The Labute approximate surface area is 558 Å². The minimum atomic E-state index is -2.06. The summed E-state index contributed by atoms with van der Waals surface area (Å²) in [5.74, 6) is -4.87. The lowest BCUT2D eigenvalue weighted by Crippen LogP contribution is -2.40. The van der Waals surface area contributed by atoms with Crippen molar-refractivity contribution in [2.75, 3.05) is 17.6 Å².